The number of sulfonamides is 1. The quantitative estimate of drug-likeness (QED) is 0.204. The molecule has 45 heavy (non-hydrogen) atoms. The molecule has 3 atom stereocenters. The van der Waals surface area contributed by atoms with Gasteiger partial charge in [-0.2, -0.15) is 17.5 Å². The number of halogens is 5. The van der Waals surface area contributed by atoms with Gasteiger partial charge in [0.1, 0.15) is 17.7 Å². The van der Waals surface area contributed by atoms with Crippen LogP contribution in [0.2, 0.25) is 0 Å². The monoisotopic (exact) mass is 659 g/mol. The minimum Gasteiger partial charge on any atom is -0.390 e. The van der Waals surface area contributed by atoms with Crippen molar-refractivity contribution < 1.29 is 40.3 Å². The topological polar surface area (TPSA) is 98.7 Å². The van der Waals surface area contributed by atoms with Crippen molar-refractivity contribution in [3.63, 3.8) is 0 Å². The Balaban J connectivity index is 1.95. The fraction of sp³-hybridized carbons (Fsp3) is 0.531. The first-order valence-electron chi connectivity index (χ1n) is 15.1. The van der Waals surface area contributed by atoms with Crippen molar-refractivity contribution in [1.29, 1.82) is 0 Å². The number of likely N-dealkylation sites (N-methyl/N-ethyl adjacent to an activating group) is 1. The number of nitrogens with one attached hydrogen (secondary N) is 2. The van der Waals surface area contributed by atoms with Crippen LogP contribution >= 0.6 is 0 Å². The predicted octanol–water partition coefficient (Wildman–Crippen LogP) is 5.26. The second-order valence-electron chi connectivity index (χ2n) is 11.4. The number of rotatable bonds is 8. The first-order valence-corrected chi connectivity index (χ1v) is 16.8. The number of β-amino-alcohol motifs (C(OH)–C–C–N with tert-alkyl or cyclic N) is 1. The number of carbonyl (C=O) groups is 1. The highest BCUT2D eigenvalue weighted by Crippen LogP contribution is 2.31. The molecule has 0 saturated heterocycles. The van der Waals surface area contributed by atoms with Gasteiger partial charge in [0.25, 0.3) is 0 Å². The molecule has 1 aliphatic heterocycles. The molecule has 0 aliphatic carbocycles. The average molecular weight is 660 g/mol. The van der Waals surface area contributed by atoms with Gasteiger partial charge in [0.05, 0.1) is 23.5 Å². The normalized spacial score (nSPS) is 21.7. The van der Waals surface area contributed by atoms with Gasteiger partial charge in [-0.25, -0.2) is 17.2 Å². The number of aliphatic hydroxyl groups is 1. The van der Waals surface area contributed by atoms with E-state index in [0.717, 1.165) is 35.0 Å². The van der Waals surface area contributed by atoms with E-state index in [1.165, 1.54) is 13.1 Å². The summed E-state index contributed by atoms with van der Waals surface area (Å²) in [5.41, 5.74) is 0.469. The van der Waals surface area contributed by atoms with Gasteiger partial charge in [-0.1, -0.05) is 38.0 Å². The van der Waals surface area contributed by atoms with E-state index in [2.05, 4.69) is 10.6 Å². The standard InChI is InChI=1S/C32H42F5N3O4S/c1-3-4-9-14-45(43,44)40(2)29-11-8-6-5-7-10-23-12-13-25(32(35,36)37)18-24(23)20-38-21-30(41)28(39-31(29)42)17-22-15-26(33)19-27(34)16-22/h6,8,12-13,15-16,18-19,28-30,38,41H,3-5,7,9-11,14,17,20-21H2,1-2H3,(H,39,42)/b8-6-/t28-,29-,30+/m0/s1. The molecule has 3 rings (SSSR count). The van der Waals surface area contributed by atoms with Crippen molar-refractivity contribution in [2.24, 2.45) is 0 Å². The van der Waals surface area contributed by atoms with Crippen molar-refractivity contribution in [3.8, 4) is 0 Å². The first kappa shape index (κ1) is 36.6. The highest BCUT2D eigenvalue weighted by atomic mass is 32.2. The third-order valence-electron chi connectivity index (χ3n) is 7.90. The van der Waals surface area contributed by atoms with Crippen LogP contribution in [0.15, 0.2) is 48.6 Å². The molecule has 0 radical (unpaired) electrons. The van der Waals surface area contributed by atoms with Crippen LogP contribution in [0.25, 0.3) is 0 Å². The first-order chi connectivity index (χ1) is 21.2. The Morgan fingerprint density at radius 2 is 1.73 bits per heavy atom. The lowest BCUT2D eigenvalue weighted by Crippen LogP contribution is -2.55. The number of hydrogen-bond acceptors (Lipinski definition) is 5. The maximum atomic E-state index is 14.0. The molecule has 0 fully saturated rings. The van der Waals surface area contributed by atoms with Gasteiger partial charge < -0.3 is 15.7 Å². The molecule has 0 aromatic heterocycles. The second kappa shape index (κ2) is 16.6. The molecule has 0 saturated carbocycles. The fourth-order valence-electron chi connectivity index (χ4n) is 5.30. The molecule has 0 bridgehead atoms. The Morgan fingerprint density at radius 1 is 1.02 bits per heavy atom. The molecule has 0 spiro atoms. The number of fused-ring (bicyclic) bond motifs is 1. The number of amides is 1. The second-order valence-corrected chi connectivity index (χ2v) is 13.6. The molecule has 250 valence electrons. The van der Waals surface area contributed by atoms with Crippen molar-refractivity contribution >= 4 is 15.9 Å². The van der Waals surface area contributed by atoms with E-state index in [1.54, 1.807) is 12.2 Å². The summed E-state index contributed by atoms with van der Waals surface area (Å²) in [6.45, 7) is 1.75. The number of aryl methyl sites for hydroxylation is 1. The van der Waals surface area contributed by atoms with Gasteiger partial charge in [-0.15, -0.1) is 0 Å². The van der Waals surface area contributed by atoms with Crippen LogP contribution in [-0.2, 0) is 40.4 Å². The summed E-state index contributed by atoms with van der Waals surface area (Å²) in [5, 5.41) is 16.8. The number of benzene rings is 2. The maximum Gasteiger partial charge on any atom is 0.416 e. The molecular formula is C32H42F5N3O4S. The predicted molar refractivity (Wildman–Crippen MR) is 163 cm³/mol. The summed E-state index contributed by atoms with van der Waals surface area (Å²) in [6.07, 6.45) is 0.995. The summed E-state index contributed by atoms with van der Waals surface area (Å²) >= 11 is 0. The smallest absolute Gasteiger partial charge is 0.390 e. The number of unbranched alkanes of at least 4 members (excludes halogenated alkanes) is 2. The van der Waals surface area contributed by atoms with Crippen molar-refractivity contribution in [3.05, 3.63) is 82.4 Å². The van der Waals surface area contributed by atoms with Crippen LogP contribution in [0.1, 0.15) is 67.7 Å². The van der Waals surface area contributed by atoms with E-state index in [-0.39, 0.29) is 37.2 Å². The fourth-order valence-corrected chi connectivity index (χ4v) is 6.73. The Morgan fingerprint density at radius 3 is 2.40 bits per heavy atom. The summed E-state index contributed by atoms with van der Waals surface area (Å²) in [6, 6.07) is 4.08. The summed E-state index contributed by atoms with van der Waals surface area (Å²) in [7, 11) is -2.49. The van der Waals surface area contributed by atoms with Gasteiger partial charge in [-0.05, 0) is 79.5 Å². The molecule has 3 N–H and O–H groups in total. The molecule has 1 aliphatic rings. The highest BCUT2D eigenvalue weighted by molar-refractivity contribution is 7.89. The van der Waals surface area contributed by atoms with Crippen LogP contribution in [0, 0.1) is 11.6 Å². The van der Waals surface area contributed by atoms with E-state index >= 15 is 0 Å². The summed E-state index contributed by atoms with van der Waals surface area (Å²) in [5.74, 6) is -2.54. The molecule has 2 aromatic rings. The molecule has 0 unspecified atom stereocenters. The lowest BCUT2D eigenvalue weighted by Gasteiger charge is -2.30. The number of aliphatic hydroxyl groups excluding tert-OH is 1. The van der Waals surface area contributed by atoms with E-state index in [9.17, 15) is 40.3 Å². The largest absolute Gasteiger partial charge is 0.416 e. The Hall–Kier alpha value is -2.87. The third-order valence-corrected chi connectivity index (χ3v) is 9.84. The van der Waals surface area contributed by atoms with Crippen LogP contribution in [0.3, 0.4) is 0 Å². The molecule has 13 heteroatoms. The number of hydrogen-bond donors (Lipinski definition) is 3. The molecular weight excluding hydrogens is 617 g/mol. The van der Waals surface area contributed by atoms with Gasteiger partial charge in [-0.3, -0.25) is 4.79 Å². The van der Waals surface area contributed by atoms with Crippen molar-refractivity contribution in [2.75, 3.05) is 19.3 Å². The molecule has 1 amide bonds. The van der Waals surface area contributed by atoms with E-state index < -0.39 is 57.5 Å². The SMILES string of the molecule is CCCCCS(=O)(=O)N(C)[C@H]1C/C=C\CCCc2ccc(C(F)(F)F)cc2CNC[C@@H](O)[C@H](Cc2cc(F)cc(F)c2)NC1=O. The number of nitrogens with zero attached hydrogens (tertiary/aromatic N) is 1. The van der Waals surface area contributed by atoms with Gasteiger partial charge in [0.15, 0.2) is 0 Å². The van der Waals surface area contributed by atoms with Crippen LogP contribution in [-0.4, -0.2) is 61.3 Å². The molecule has 1 heterocycles. The third kappa shape index (κ3) is 11.2. The number of alkyl halides is 3. The number of allylic oxidation sites excluding steroid dienone is 1. The van der Waals surface area contributed by atoms with Crippen LogP contribution in [0.5, 0.6) is 0 Å². The minimum atomic E-state index is -4.53. The van der Waals surface area contributed by atoms with Gasteiger partial charge in [0, 0.05) is 26.2 Å². The molecule has 2 aromatic carbocycles. The van der Waals surface area contributed by atoms with Crippen molar-refractivity contribution in [1.82, 2.24) is 14.9 Å². The summed E-state index contributed by atoms with van der Waals surface area (Å²) in [4.78, 5) is 13.7. The average Bonchev–Trinajstić information content (AvgIpc) is 2.95. The zero-order valence-electron chi connectivity index (χ0n) is 25.5. The zero-order chi connectivity index (χ0) is 33.2. The Labute approximate surface area is 261 Å². The van der Waals surface area contributed by atoms with Crippen molar-refractivity contribution in [2.45, 2.75) is 89.2 Å². The van der Waals surface area contributed by atoms with E-state index in [4.69, 9.17) is 0 Å². The van der Waals surface area contributed by atoms with Gasteiger partial charge in [0.2, 0.25) is 15.9 Å². The maximum absolute atomic E-state index is 14.0. The Kier molecular flexibility index (Phi) is 13.5. The lowest BCUT2D eigenvalue weighted by atomic mass is 9.97. The zero-order valence-corrected chi connectivity index (χ0v) is 26.4. The van der Waals surface area contributed by atoms with E-state index in [0.29, 0.717) is 49.3 Å². The minimum absolute atomic E-state index is 0.0111. The van der Waals surface area contributed by atoms with Gasteiger partial charge >= 0.3 is 6.18 Å². The Bertz CT molecular complexity index is 1400. The molecule has 7 nitrogen and oxygen atoms in total. The van der Waals surface area contributed by atoms with Crippen LogP contribution < -0.4 is 10.6 Å². The number of carbonyl (C=O) groups excluding carboxylic acids is 1. The lowest BCUT2D eigenvalue weighted by molar-refractivity contribution is -0.137. The van der Waals surface area contributed by atoms with E-state index in [1.807, 2.05) is 6.92 Å². The van der Waals surface area contributed by atoms with Crippen LogP contribution in [0.4, 0.5) is 22.0 Å². The summed E-state index contributed by atoms with van der Waals surface area (Å²) < 4.78 is 95.6. The highest BCUT2D eigenvalue weighted by Gasteiger charge is 2.34.